The molecule has 1 amide bonds. The highest BCUT2D eigenvalue weighted by atomic mass is 16.6. The molecule has 1 N–H and O–H groups in total. The van der Waals surface area contributed by atoms with Gasteiger partial charge in [0.2, 0.25) is 5.91 Å². The molecular weight excluding hydrogens is 426 g/mol. The number of fused-ring (bicyclic) bond motifs is 1. The summed E-state index contributed by atoms with van der Waals surface area (Å²) in [6, 6.07) is 25.1. The largest absolute Gasteiger partial charge is 0.354 e. The van der Waals surface area contributed by atoms with Crippen LogP contribution in [0.15, 0.2) is 85.1 Å². The van der Waals surface area contributed by atoms with Crippen LogP contribution in [0.4, 0.5) is 5.69 Å². The lowest BCUT2D eigenvalue weighted by Crippen LogP contribution is -2.33. The number of nitrogens with one attached hydrogen (secondary N) is 1. The summed E-state index contributed by atoms with van der Waals surface area (Å²) in [5, 5.41) is 15.4. The molecule has 0 bridgehead atoms. The van der Waals surface area contributed by atoms with Crippen LogP contribution in [0.25, 0.3) is 10.9 Å². The number of carbonyl (C=O) groups excluding carboxylic acids is 1. The average Bonchev–Trinajstić information content (AvgIpc) is 3.20. The van der Waals surface area contributed by atoms with Gasteiger partial charge >= 0.3 is 0 Å². The zero-order valence-electron chi connectivity index (χ0n) is 19.5. The van der Waals surface area contributed by atoms with Crippen LogP contribution in [0.3, 0.4) is 0 Å². The number of benzene rings is 3. The van der Waals surface area contributed by atoms with Crippen LogP contribution in [0.1, 0.15) is 49.3 Å². The lowest BCUT2D eigenvalue weighted by atomic mass is 9.88. The molecule has 3 aromatic carbocycles. The fourth-order valence-corrected chi connectivity index (χ4v) is 4.33. The lowest BCUT2D eigenvalue weighted by Gasteiger charge is -2.19. The SMILES string of the molecule is CC[C@H](C)NC(=O)C[C@H](c1ccccc1)c1cn(Cc2ccccc2)c2ccc([N+](=O)[O-])cc12. The minimum atomic E-state index is -0.370. The lowest BCUT2D eigenvalue weighted by molar-refractivity contribution is -0.384. The van der Waals surface area contributed by atoms with Crippen molar-refractivity contribution in [2.24, 2.45) is 0 Å². The Balaban J connectivity index is 1.84. The van der Waals surface area contributed by atoms with Gasteiger partial charge in [0, 0.05) is 54.2 Å². The zero-order valence-corrected chi connectivity index (χ0v) is 19.5. The first-order valence-electron chi connectivity index (χ1n) is 11.6. The van der Waals surface area contributed by atoms with E-state index in [1.807, 2.05) is 62.4 Å². The molecule has 6 nitrogen and oxygen atoms in total. The topological polar surface area (TPSA) is 77.2 Å². The summed E-state index contributed by atoms with van der Waals surface area (Å²) in [7, 11) is 0. The zero-order chi connectivity index (χ0) is 24.1. The Kier molecular flexibility index (Phi) is 7.07. The van der Waals surface area contributed by atoms with Gasteiger partial charge in [-0.05, 0) is 36.1 Å². The van der Waals surface area contributed by atoms with Gasteiger partial charge in [0.25, 0.3) is 5.69 Å². The minimum Gasteiger partial charge on any atom is -0.354 e. The molecule has 1 aromatic heterocycles. The van der Waals surface area contributed by atoms with E-state index in [4.69, 9.17) is 0 Å². The quantitative estimate of drug-likeness (QED) is 0.247. The first-order valence-corrected chi connectivity index (χ1v) is 11.6. The molecule has 1 heterocycles. The fraction of sp³-hybridized carbons (Fsp3) is 0.250. The molecule has 0 unspecified atom stereocenters. The Morgan fingerprint density at radius 1 is 1.03 bits per heavy atom. The van der Waals surface area contributed by atoms with Crippen LogP contribution in [0, 0.1) is 10.1 Å². The van der Waals surface area contributed by atoms with Crippen molar-refractivity contribution >= 4 is 22.5 Å². The number of hydrogen-bond donors (Lipinski definition) is 1. The summed E-state index contributed by atoms with van der Waals surface area (Å²) in [4.78, 5) is 24.1. The average molecular weight is 456 g/mol. The first kappa shape index (κ1) is 23.2. The number of aromatic nitrogens is 1. The number of amides is 1. The molecule has 0 aliphatic rings. The van der Waals surface area contributed by atoms with Crippen LogP contribution in [-0.2, 0) is 11.3 Å². The highest BCUT2D eigenvalue weighted by Crippen LogP contribution is 2.36. The van der Waals surface area contributed by atoms with Crippen molar-refractivity contribution < 1.29 is 9.72 Å². The predicted octanol–water partition coefficient (Wildman–Crippen LogP) is 6.03. The summed E-state index contributed by atoms with van der Waals surface area (Å²) in [6.07, 6.45) is 3.17. The van der Waals surface area contributed by atoms with Gasteiger partial charge < -0.3 is 9.88 Å². The van der Waals surface area contributed by atoms with Crippen molar-refractivity contribution in [2.45, 2.75) is 45.2 Å². The third-order valence-corrected chi connectivity index (χ3v) is 6.29. The third kappa shape index (κ3) is 5.17. The molecule has 0 saturated heterocycles. The number of hydrogen-bond acceptors (Lipinski definition) is 3. The van der Waals surface area contributed by atoms with E-state index in [2.05, 4.69) is 28.2 Å². The number of nitrogens with zero attached hydrogens (tertiary/aromatic N) is 2. The first-order chi connectivity index (χ1) is 16.5. The van der Waals surface area contributed by atoms with E-state index in [9.17, 15) is 14.9 Å². The molecule has 0 saturated carbocycles. The molecule has 174 valence electrons. The molecule has 0 fully saturated rings. The summed E-state index contributed by atoms with van der Waals surface area (Å²) < 4.78 is 2.12. The van der Waals surface area contributed by atoms with E-state index in [-0.39, 0.29) is 34.9 Å². The van der Waals surface area contributed by atoms with Crippen molar-refractivity contribution in [3.05, 3.63) is 112 Å². The van der Waals surface area contributed by atoms with Gasteiger partial charge in [0.05, 0.1) is 4.92 Å². The van der Waals surface area contributed by atoms with E-state index < -0.39 is 0 Å². The molecular formula is C28H29N3O3. The van der Waals surface area contributed by atoms with Crippen LogP contribution < -0.4 is 5.32 Å². The summed E-state index contributed by atoms with van der Waals surface area (Å²) in [5.41, 5.74) is 4.01. The number of non-ortho nitro benzene ring substituents is 1. The molecule has 2 atom stereocenters. The van der Waals surface area contributed by atoms with E-state index in [1.165, 1.54) is 0 Å². The number of carbonyl (C=O) groups is 1. The van der Waals surface area contributed by atoms with Crippen LogP contribution in [0.2, 0.25) is 0 Å². The minimum absolute atomic E-state index is 0.0300. The van der Waals surface area contributed by atoms with Gasteiger partial charge in [-0.15, -0.1) is 0 Å². The van der Waals surface area contributed by atoms with Crippen molar-refractivity contribution in [1.29, 1.82) is 0 Å². The second kappa shape index (κ2) is 10.3. The Morgan fingerprint density at radius 2 is 1.71 bits per heavy atom. The highest BCUT2D eigenvalue weighted by Gasteiger charge is 2.24. The van der Waals surface area contributed by atoms with Gasteiger partial charge in [-0.3, -0.25) is 14.9 Å². The van der Waals surface area contributed by atoms with Crippen molar-refractivity contribution in [1.82, 2.24) is 9.88 Å². The summed E-state index contributed by atoms with van der Waals surface area (Å²) in [5.74, 6) is -0.260. The van der Waals surface area contributed by atoms with Gasteiger partial charge in [-0.25, -0.2) is 0 Å². The molecule has 0 spiro atoms. The number of rotatable bonds is 9. The van der Waals surface area contributed by atoms with Crippen LogP contribution in [0.5, 0.6) is 0 Å². The molecule has 6 heteroatoms. The van der Waals surface area contributed by atoms with Crippen molar-refractivity contribution in [2.75, 3.05) is 0 Å². The van der Waals surface area contributed by atoms with Crippen LogP contribution >= 0.6 is 0 Å². The van der Waals surface area contributed by atoms with Gasteiger partial charge in [0.15, 0.2) is 0 Å². The third-order valence-electron chi connectivity index (χ3n) is 6.29. The van der Waals surface area contributed by atoms with E-state index >= 15 is 0 Å². The Bertz CT molecular complexity index is 1280. The second-order valence-electron chi connectivity index (χ2n) is 8.70. The highest BCUT2D eigenvalue weighted by molar-refractivity contribution is 5.88. The summed E-state index contributed by atoms with van der Waals surface area (Å²) in [6.45, 7) is 4.66. The maximum Gasteiger partial charge on any atom is 0.270 e. The number of nitro benzene ring substituents is 1. The second-order valence-corrected chi connectivity index (χ2v) is 8.70. The van der Waals surface area contributed by atoms with Crippen LogP contribution in [-0.4, -0.2) is 21.4 Å². The Labute approximate surface area is 199 Å². The van der Waals surface area contributed by atoms with E-state index in [0.29, 0.717) is 6.54 Å². The Morgan fingerprint density at radius 3 is 2.35 bits per heavy atom. The standard InChI is InChI=1S/C28H29N3O3/c1-3-20(2)29-28(32)17-24(22-12-8-5-9-13-22)26-19-30(18-21-10-6-4-7-11-21)27-15-14-23(31(33)34)16-25(26)27/h4-16,19-20,24H,3,17-18H2,1-2H3,(H,29,32)/t20-,24+/m0/s1. The molecule has 0 aliphatic carbocycles. The molecule has 0 aliphatic heterocycles. The monoisotopic (exact) mass is 455 g/mol. The van der Waals surface area contributed by atoms with Gasteiger partial charge in [0.1, 0.15) is 0 Å². The Hall–Kier alpha value is -3.93. The maximum absolute atomic E-state index is 13.0. The normalized spacial score (nSPS) is 12.9. The predicted molar refractivity (Wildman–Crippen MR) is 135 cm³/mol. The van der Waals surface area contributed by atoms with Crippen molar-refractivity contribution in [3.63, 3.8) is 0 Å². The van der Waals surface area contributed by atoms with Gasteiger partial charge in [-0.1, -0.05) is 67.6 Å². The molecule has 0 radical (unpaired) electrons. The molecule has 4 aromatic rings. The van der Waals surface area contributed by atoms with Crippen molar-refractivity contribution in [3.8, 4) is 0 Å². The maximum atomic E-state index is 13.0. The summed E-state index contributed by atoms with van der Waals surface area (Å²) >= 11 is 0. The van der Waals surface area contributed by atoms with E-state index in [0.717, 1.165) is 34.0 Å². The molecule has 34 heavy (non-hydrogen) atoms. The fourth-order valence-electron chi connectivity index (χ4n) is 4.33. The van der Waals surface area contributed by atoms with E-state index in [1.54, 1.807) is 18.2 Å². The smallest absolute Gasteiger partial charge is 0.270 e. The number of nitro groups is 1. The molecule has 4 rings (SSSR count). The van der Waals surface area contributed by atoms with Gasteiger partial charge in [-0.2, -0.15) is 0 Å².